The molecule has 0 saturated carbocycles. The van der Waals surface area contributed by atoms with Gasteiger partial charge in [-0.3, -0.25) is 0 Å². The van der Waals surface area contributed by atoms with Crippen LogP contribution in [0.4, 0.5) is 0 Å². The minimum Gasteiger partial charge on any atom is -0.396 e. The summed E-state index contributed by atoms with van der Waals surface area (Å²) in [5.41, 5.74) is 0. The molecule has 0 bridgehead atoms. The Hall–Kier alpha value is 0.479. The van der Waals surface area contributed by atoms with E-state index in [-0.39, 0.29) is 17.1 Å². The summed E-state index contributed by atoms with van der Waals surface area (Å²) in [6.45, 7) is 2.64. The third-order valence-corrected chi connectivity index (χ3v) is 3.01. The van der Waals surface area contributed by atoms with E-state index < -0.39 is 0 Å². The van der Waals surface area contributed by atoms with Crippen LogP contribution < -0.4 is 0 Å². The molecule has 0 heterocycles. The van der Waals surface area contributed by atoms with Crippen molar-refractivity contribution in [2.24, 2.45) is 0 Å². The maximum absolute atomic E-state index is 8.61. The van der Waals surface area contributed by atoms with Gasteiger partial charge in [0.15, 0.2) is 0 Å². The summed E-state index contributed by atoms with van der Waals surface area (Å²) in [4.78, 5) is 0. The van der Waals surface area contributed by atoms with Crippen LogP contribution in [0.25, 0.3) is 0 Å². The van der Waals surface area contributed by atoms with Crippen molar-refractivity contribution in [1.82, 2.24) is 0 Å². The van der Waals surface area contributed by atoms with Gasteiger partial charge in [-0.25, -0.2) is 0 Å². The second kappa shape index (κ2) is 17.9. The van der Waals surface area contributed by atoms with Crippen molar-refractivity contribution in [2.45, 2.75) is 84.0 Å². The maximum Gasteiger partial charge on any atom is 0.0431 e. The molecule has 0 aromatic heterocycles. The molecular weight excluding hydrogens is 248 g/mol. The zero-order valence-corrected chi connectivity index (χ0v) is 11.9. The first kappa shape index (κ1) is 18.8. The van der Waals surface area contributed by atoms with Gasteiger partial charge in [0.05, 0.1) is 0 Å². The summed E-state index contributed by atoms with van der Waals surface area (Å²) in [5.74, 6) is 0. The van der Waals surface area contributed by atoms with Crippen LogP contribution in [0.3, 0.4) is 0 Å². The molecule has 0 amide bonds. The molecule has 0 saturated heterocycles. The van der Waals surface area contributed by atoms with Crippen molar-refractivity contribution in [2.75, 3.05) is 6.61 Å². The fourth-order valence-electron chi connectivity index (χ4n) is 1.95. The number of hydrogen-bond donors (Lipinski definition) is 1. The quantitative estimate of drug-likeness (QED) is 0.406. The molecule has 0 aromatic rings. The van der Waals surface area contributed by atoms with Gasteiger partial charge >= 0.3 is 0 Å². The second-order valence-electron chi connectivity index (χ2n) is 4.61. The molecule has 103 valence electrons. The SMILES string of the molecule is CCCCCCCCCCCCCCO.[Cu]. The Labute approximate surface area is 113 Å². The zero-order valence-electron chi connectivity index (χ0n) is 10.9. The molecule has 0 aliphatic heterocycles. The van der Waals surface area contributed by atoms with Gasteiger partial charge in [-0.05, 0) is 6.42 Å². The Morgan fingerprint density at radius 2 is 0.875 bits per heavy atom. The molecule has 0 aliphatic carbocycles. The smallest absolute Gasteiger partial charge is 0.0431 e. The van der Waals surface area contributed by atoms with Crippen molar-refractivity contribution in [3.05, 3.63) is 0 Å². The Bertz CT molecular complexity index is 94.9. The van der Waals surface area contributed by atoms with Gasteiger partial charge in [0.2, 0.25) is 0 Å². The second-order valence-corrected chi connectivity index (χ2v) is 4.61. The third kappa shape index (κ3) is 16.9. The monoisotopic (exact) mass is 277 g/mol. The van der Waals surface area contributed by atoms with E-state index in [1.165, 1.54) is 70.6 Å². The molecule has 0 aromatic carbocycles. The van der Waals surface area contributed by atoms with Crippen LogP contribution >= 0.6 is 0 Å². The average molecular weight is 278 g/mol. The van der Waals surface area contributed by atoms with Gasteiger partial charge in [-0.1, -0.05) is 77.6 Å². The molecule has 1 N–H and O–H groups in total. The van der Waals surface area contributed by atoms with Crippen molar-refractivity contribution < 1.29 is 22.2 Å². The first-order chi connectivity index (χ1) is 7.41. The van der Waals surface area contributed by atoms with E-state index in [0.717, 1.165) is 6.42 Å². The summed E-state index contributed by atoms with van der Waals surface area (Å²) in [6, 6.07) is 0. The van der Waals surface area contributed by atoms with Gasteiger partial charge in [0.1, 0.15) is 0 Å². The van der Waals surface area contributed by atoms with E-state index in [2.05, 4.69) is 6.92 Å². The van der Waals surface area contributed by atoms with Gasteiger partial charge in [-0.15, -0.1) is 0 Å². The number of hydrogen-bond acceptors (Lipinski definition) is 1. The molecule has 0 atom stereocenters. The van der Waals surface area contributed by atoms with Crippen LogP contribution in [0.15, 0.2) is 0 Å². The topological polar surface area (TPSA) is 20.2 Å². The van der Waals surface area contributed by atoms with Crippen molar-refractivity contribution in [3.63, 3.8) is 0 Å². The molecule has 0 aliphatic rings. The normalized spacial score (nSPS) is 10.1. The van der Waals surface area contributed by atoms with Gasteiger partial charge in [0, 0.05) is 23.7 Å². The molecule has 0 unspecified atom stereocenters. The van der Waals surface area contributed by atoms with Crippen LogP contribution in [0.2, 0.25) is 0 Å². The molecule has 0 rings (SSSR count). The molecule has 2 heteroatoms. The predicted octanol–water partition coefficient (Wildman–Crippen LogP) is 4.68. The van der Waals surface area contributed by atoms with Crippen molar-refractivity contribution in [1.29, 1.82) is 0 Å². The van der Waals surface area contributed by atoms with Crippen LogP contribution in [0, 0.1) is 0 Å². The summed E-state index contributed by atoms with van der Waals surface area (Å²) < 4.78 is 0. The number of aliphatic hydroxyl groups is 1. The zero-order chi connectivity index (χ0) is 11.2. The number of unbranched alkanes of at least 4 members (excludes halogenated alkanes) is 11. The molecule has 0 fully saturated rings. The maximum atomic E-state index is 8.61. The Balaban J connectivity index is 0. The Morgan fingerprint density at radius 3 is 1.19 bits per heavy atom. The van der Waals surface area contributed by atoms with Crippen LogP contribution in [-0.2, 0) is 17.1 Å². The van der Waals surface area contributed by atoms with Crippen molar-refractivity contribution >= 4 is 0 Å². The third-order valence-electron chi connectivity index (χ3n) is 3.01. The molecule has 0 spiro atoms. The summed E-state index contributed by atoms with van der Waals surface area (Å²) in [6.07, 6.45) is 16.2. The molecular formula is C14H30CuO. The molecule has 16 heavy (non-hydrogen) atoms. The average Bonchev–Trinajstić information content (AvgIpc) is 2.26. The fraction of sp³-hybridized carbons (Fsp3) is 1.00. The summed E-state index contributed by atoms with van der Waals surface area (Å²) in [5, 5.41) is 8.61. The van der Waals surface area contributed by atoms with Crippen LogP contribution in [0.5, 0.6) is 0 Å². The number of aliphatic hydroxyl groups excluding tert-OH is 1. The largest absolute Gasteiger partial charge is 0.396 e. The van der Waals surface area contributed by atoms with Gasteiger partial charge < -0.3 is 5.11 Å². The van der Waals surface area contributed by atoms with Crippen LogP contribution in [-0.4, -0.2) is 11.7 Å². The van der Waals surface area contributed by atoms with Gasteiger partial charge in [0.25, 0.3) is 0 Å². The van der Waals surface area contributed by atoms with E-state index in [1.54, 1.807) is 0 Å². The minimum atomic E-state index is 0. The van der Waals surface area contributed by atoms with Crippen LogP contribution in [0.1, 0.15) is 84.0 Å². The summed E-state index contributed by atoms with van der Waals surface area (Å²) in [7, 11) is 0. The molecule has 1 radical (unpaired) electrons. The Morgan fingerprint density at radius 1 is 0.562 bits per heavy atom. The van der Waals surface area contributed by atoms with Gasteiger partial charge in [-0.2, -0.15) is 0 Å². The minimum absolute atomic E-state index is 0. The predicted molar refractivity (Wildman–Crippen MR) is 68.2 cm³/mol. The van der Waals surface area contributed by atoms with Crippen molar-refractivity contribution in [3.8, 4) is 0 Å². The number of rotatable bonds is 12. The first-order valence-corrected chi connectivity index (χ1v) is 7.02. The van der Waals surface area contributed by atoms with E-state index >= 15 is 0 Å². The summed E-state index contributed by atoms with van der Waals surface area (Å²) >= 11 is 0. The standard InChI is InChI=1S/C14H30O.Cu/c1-2-3-4-5-6-7-8-9-10-11-12-13-14-15;/h15H,2-14H2,1H3;. The van der Waals surface area contributed by atoms with E-state index in [0.29, 0.717) is 6.61 Å². The van der Waals surface area contributed by atoms with E-state index in [4.69, 9.17) is 5.11 Å². The van der Waals surface area contributed by atoms with E-state index in [1.807, 2.05) is 0 Å². The van der Waals surface area contributed by atoms with E-state index in [9.17, 15) is 0 Å². The fourth-order valence-corrected chi connectivity index (χ4v) is 1.95. The Kier molecular flexibility index (Phi) is 21.0. The molecule has 1 nitrogen and oxygen atoms in total. The first-order valence-electron chi connectivity index (χ1n) is 7.02.